The molecule has 3 rings (SSSR count). The van der Waals surface area contributed by atoms with Crippen LogP contribution in [-0.2, 0) is 15.3 Å². The van der Waals surface area contributed by atoms with Gasteiger partial charge in [0.25, 0.3) is 0 Å². The van der Waals surface area contributed by atoms with Gasteiger partial charge in [-0.3, -0.25) is 5.73 Å². The zero-order chi connectivity index (χ0) is 16.0. The summed E-state index contributed by atoms with van der Waals surface area (Å²) in [4.78, 5) is 11.1. The fraction of sp³-hybridized carbons (Fsp3) is 0.111. The first-order valence-corrected chi connectivity index (χ1v) is 6.76. The van der Waals surface area contributed by atoms with Gasteiger partial charge in [0.1, 0.15) is 0 Å². The molecule has 0 amide bonds. The first-order valence-electron chi connectivity index (χ1n) is 6.76. The number of carbonyl (C=O) groups excluding carboxylic acids is 1. The van der Waals surface area contributed by atoms with E-state index >= 15 is 0 Å². The standard InChI is InChI=1S/C12H12N2O2.C6H4/c1-2-11(15)16-12(14,8-9-13)10-6-4-3-5-7-10;1-2-5-4-6(5)3-1/h2-7H,1,8,14H2;1-4H. The molecule has 1 atom stereocenters. The van der Waals surface area contributed by atoms with Gasteiger partial charge in [-0.1, -0.05) is 55.1 Å². The van der Waals surface area contributed by atoms with Crippen LogP contribution in [0.4, 0.5) is 0 Å². The Balaban J connectivity index is 0.000000238. The number of ether oxygens (including phenoxy) is 1. The Hall–Kier alpha value is -2.90. The van der Waals surface area contributed by atoms with Crippen LogP contribution in [0, 0.1) is 11.3 Å². The van der Waals surface area contributed by atoms with Crippen molar-refractivity contribution in [3.05, 3.63) is 72.8 Å². The Morgan fingerprint density at radius 3 is 2.27 bits per heavy atom. The van der Waals surface area contributed by atoms with Gasteiger partial charge in [-0.25, -0.2) is 4.79 Å². The van der Waals surface area contributed by atoms with E-state index in [9.17, 15) is 4.79 Å². The van der Waals surface area contributed by atoms with Crippen LogP contribution in [0.3, 0.4) is 0 Å². The van der Waals surface area contributed by atoms with E-state index in [4.69, 9.17) is 15.7 Å². The van der Waals surface area contributed by atoms with Crippen LogP contribution in [0.25, 0.3) is 11.1 Å². The molecule has 4 heteroatoms. The van der Waals surface area contributed by atoms with Gasteiger partial charge in [0.2, 0.25) is 5.72 Å². The quantitative estimate of drug-likeness (QED) is 0.455. The highest BCUT2D eigenvalue weighted by Crippen LogP contribution is 2.32. The number of benzene rings is 2. The average Bonchev–Trinajstić information content (AvgIpc) is 3.14. The molecule has 110 valence electrons. The maximum absolute atomic E-state index is 11.1. The molecule has 0 saturated heterocycles. The van der Waals surface area contributed by atoms with E-state index in [1.54, 1.807) is 24.3 Å². The summed E-state index contributed by atoms with van der Waals surface area (Å²) in [6.45, 7) is 3.29. The highest BCUT2D eigenvalue weighted by Gasteiger charge is 2.30. The van der Waals surface area contributed by atoms with Gasteiger partial charge < -0.3 is 4.74 Å². The molecular weight excluding hydrogens is 276 g/mol. The molecule has 0 fully saturated rings. The van der Waals surface area contributed by atoms with Gasteiger partial charge in [0.15, 0.2) is 0 Å². The third-order valence-corrected chi connectivity index (χ3v) is 3.17. The predicted octanol–water partition coefficient (Wildman–Crippen LogP) is 3.11. The second-order valence-electron chi connectivity index (χ2n) is 4.80. The molecule has 0 bridgehead atoms. The van der Waals surface area contributed by atoms with Crippen molar-refractivity contribution in [1.82, 2.24) is 0 Å². The van der Waals surface area contributed by atoms with E-state index in [1.165, 1.54) is 11.1 Å². The van der Waals surface area contributed by atoms with Crippen LogP contribution >= 0.6 is 0 Å². The number of esters is 1. The number of nitrogens with two attached hydrogens (primary N) is 1. The van der Waals surface area contributed by atoms with Crippen LogP contribution in [-0.4, -0.2) is 5.97 Å². The molecule has 2 N–H and O–H groups in total. The number of nitriles is 1. The second-order valence-corrected chi connectivity index (χ2v) is 4.80. The van der Waals surface area contributed by atoms with Crippen molar-refractivity contribution in [3.63, 3.8) is 0 Å². The summed E-state index contributed by atoms with van der Waals surface area (Å²) >= 11 is 0. The van der Waals surface area contributed by atoms with Gasteiger partial charge in [-0.05, 0) is 17.2 Å². The number of carbonyl (C=O) groups is 1. The zero-order valence-corrected chi connectivity index (χ0v) is 12.0. The van der Waals surface area contributed by atoms with Crippen molar-refractivity contribution in [2.75, 3.05) is 0 Å². The van der Waals surface area contributed by atoms with Crippen LogP contribution < -0.4 is 5.73 Å². The van der Waals surface area contributed by atoms with Gasteiger partial charge in [-0.15, -0.1) is 0 Å². The lowest BCUT2D eigenvalue weighted by Crippen LogP contribution is -2.40. The van der Waals surface area contributed by atoms with Crippen molar-refractivity contribution < 1.29 is 9.53 Å². The molecular formula is C18H16N2O2. The fourth-order valence-corrected chi connectivity index (χ4v) is 1.93. The molecule has 2 aliphatic rings. The largest absolute Gasteiger partial charge is 0.435 e. The summed E-state index contributed by atoms with van der Waals surface area (Å²) in [7, 11) is 0. The predicted molar refractivity (Wildman–Crippen MR) is 84.3 cm³/mol. The maximum Gasteiger partial charge on any atom is 0.332 e. The Morgan fingerprint density at radius 1 is 1.23 bits per heavy atom. The van der Waals surface area contributed by atoms with E-state index in [-0.39, 0.29) is 6.42 Å². The van der Waals surface area contributed by atoms with Crippen molar-refractivity contribution >= 4 is 5.97 Å². The van der Waals surface area contributed by atoms with Gasteiger partial charge in [-0.2, -0.15) is 5.26 Å². The summed E-state index contributed by atoms with van der Waals surface area (Å²) < 4.78 is 5.01. The Bertz CT molecular complexity index is 702. The number of rotatable bonds is 4. The monoisotopic (exact) mass is 292 g/mol. The van der Waals surface area contributed by atoms with Gasteiger partial charge in [0.05, 0.1) is 12.5 Å². The average molecular weight is 292 g/mol. The van der Waals surface area contributed by atoms with E-state index in [1.807, 2.05) is 12.1 Å². The molecule has 0 heterocycles. The molecule has 0 aromatic heterocycles. The van der Waals surface area contributed by atoms with Crippen LogP contribution in [0.1, 0.15) is 12.0 Å². The van der Waals surface area contributed by atoms with Crippen LogP contribution in [0.2, 0.25) is 0 Å². The number of fused-ring (bicyclic) bond motifs is 1. The third kappa shape index (κ3) is 3.81. The Kier molecular flexibility index (Phi) is 4.72. The lowest BCUT2D eigenvalue weighted by Gasteiger charge is -2.26. The molecule has 2 aliphatic carbocycles. The zero-order valence-electron chi connectivity index (χ0n) is 12.0. The summed E-state index contributed by atoms with van der Waals surface area (Å²) in [6.07, 6.45) is 0.901. The minimum atomic E-state index is -1.42. The van der Waals surface area contributed by atoms with Crippen LogP contribution in [0.15, 0.2) is 67.3 Å². The highest BCUT2D eigenvalue weighted by atomic mass is 16.6. The first kappa shape index (κ1) is 15.5. The maximum atomic E-state index is 11.1. The second kappa shape index (κ2) is 6.70. The summed E-state index contributed by atoms with van der Waals surface area (Å²) in [5, 5.41) is 8.70. The van der Waals surface area contributed by atoms with Gasteiger partial charge in [0, 0.05) is 11.6 Å². The molecule has 4 nitrogen and oxygen atoms in total. The van der Waals surface area contributed by atoms with Crippen molar-refractivity contribution in [1.29, 1.82) is 5.26 Å². The number of hydrogen-bond acceptors (Lipinski definition) is 4. The SMILES string of the molecule is C=CC(=O)OC(N)(CC#N)c1ccccc1.c1cc2cc-2c1. The van der Waals surface area contributed by atoms with Crippen molar-refractivity contribution in [2.45, 2.75) is 12.1 Å². The first-order chi connectivity index (χ1) is 10.6. The fourth-order valence-electron chi connectivity index (χ4n) is 1.93. The van der Waals surface area contributed by atoms with Crippen molar-refractivity contribution in [2.24, 2.45) is 5.73 Å². The summed E-state index contributed by atoms with van der Waals surface area (Å²) in [5.41, 5.74) is 7.91. The normalized spacial score (nSPS) is 12.7. The minimum absolute atomic E-state index is 0.114. The smallest absolute Gasteiger partial charge is 0.332 e. The molecule has 1 aromatic rings. The molecule has 0 spiro atoms. The minimum Gasteiger partial charge on any atom is -0.435 e. The van der Waals surface area contributed by atoms with Gasteiger partial charge >= 0.3 is 5.97 Å². The van der Waals surface area contributed by atoms with E-state index in [0.29, 0.717) is 5.56 Å². The topological polar surface area (TPSA) is 76.1 Å². The molecule has 0 saturated carbocycles. The third-order valence-electron chi connectivity index (χ3n) is 3.17. The number of hydrogen-bond donors (Lipinski definition) is 1. The lowest BCUT2D eigenvalue weighted by atomic mass is 10.0. The molecule has 1 aromatic carbocycles. The molecule has 0 radical (unpaired) electrons. The summed E-state index contributed by atoms with van der Waals surface area (Å²) in [6, 6.07) is 19.1. The molecule has 1 unspecified atom stereocenters. The van der Waals surface area contributed by atoms with E-state index < -0.39 is 11.7 Å². The number of nitrogens with zero attached hydrogens (tertiary/aromatic N) is 1. The molecule has 0 aliphatic heterocycles. The van der Waals surface area contributed by atoms with E-state index in [2.05, 4.69) is 30.8 Å². The molecule has 22 heavy (non-hydrogen) atoms. The Morgan fingerprint density at radius 2 is 1.86 bits per heavy atom. The highest BCUT2D eigenvalue weighted by molar-refractivity contribution is 5.81. The summed E-state index contributed by atoms with van der Waals surface area (Å²) in [5.74, 6) is -0.651. The van der Waals surface area contributed by atoms with E-state index in [0.717, 1.165) is 6.08 Å². The lowest BCUT2D eigenvalue weighted by molar-refractivity contribution is -0.153. The Labute approximate surface area is 129 Å². The van der Waals surface area contributed by atoms with Crippen LogP contribution in [0.5, 0.6) is 0 Å². The van der Waals surface area contributed by atoms with Crippen molar-refractivity contribution in [3.8, 4) is 17.2 Å².